The van der Waals surface area contributed by atoms with Crippen LogP contribution in [-0.4, -0.2) is 53.2 Å². The van der Waals surface area contributed by atoms with Crippen molar-refractivity contribution >= 4 is 11.9 Å². The highest BCUT2D eigenvalue weighted by molar-refractivity contribution is 5.79. The maximum atomic E-state index is 3.89. The molecule has 0 unspecified atom stereocenters. The average Bonchev–Trinajstić information content (AvgIpc) is 2.33. The normalized spacial score (nSPS) is 11.1. The van der Waals surface area contributed by atoms with Gasteiger partial charge in [-0.15, -0.1) is 0 Å². The van der Waals surface area contributed by atoms with Crippen LogP contribution in [-0.2, 0) is 0 Å². The summed E-state index contributed by atoms with van der Waals surface area (Å²) in [5, 5.41) is 11.8. The molecule has 0 aromatic rings. The molecule has 0 saturated heterocycles. The van der Waals surface area contributed by atoms with Crippen molar-refractivity contribution in [1.29, 1.82) is 0 Å². The molecule has 0 saturated carbocycles. The van der Waals surface area contributed by atoms with Crippen molar-refractivity contribution in [2.75, 3.05) is 41.3 Å². The van der Waals surface area contributed by atoms with Gasteiger partial charge in [-0.1, -0.05) is 0 Å². The number of nitrogens with zero attached hydrogens (tertiary/aromatic N) is 2. The van der Waals surface area contributed by atoms with Gasteiger partial charge in [0, 0.05) is 41.3 Å². The van der Waals surface area contributed by atoms with Gasteiger partial charge in [-0.3, -0.25) is 9.98 Å². The van der Waals surface area contributed by atoms with E-state index in [0.717, 1.165) is 25.0 Å². The van der Waals surface area contributed by atoms with Gasteiger partial charge in [0.15, 0.2) is 11.9 Å². The molecular weight excluding hydrogens is 204 g/mol. The van der Waals surface area contributed by atoms with E-state index in [1.54, 1.807) is 14.1 Å². The van der Waals surface area contributed by atoms with E-state index < -0.39 is 0 Å². The van der Waals surface area contributed by atoms with Crippen LogP contribution < -0.4 is 21.3 Å². The van der Waals surface area contributed by atoms with Crippen LogP contribution >= 0.6 is 0 Å². The molecule has 96 valence electrons. The topological polar surface area (TPSA) is 72.8 Å². The third kappa shape index (κ3) is 10.6. The Morgan fingerprint density at radius 2 is 1.12 bits per heavy atom. The van der Waals surface area contributed by atoms with Crippen LogP contribution in [0.15, 0.2) is 9.98 Å². The minimum absolute atomic E-state index is 0.840. The van der Waals surface area contributed by atoms with E-state index in [9.17, 15) is 0 Å². The summed E-state index contributed by atoms with van der Waals surface area (Å²) >= 11 is 0. The summed E-state index contributed by atoms with van der Waals surface area (Å²) in [6, 6.07) is 0. The zero-order valence-electron chi connectivity index (χ0n) is 11.3. The fraction of sp³-hybridized carbons (Fsp3) is 0.800. The SMILES string of the molecule is CCNC(=NC)NC.CCNC(=NC)NC. The summed E-state index contributed by atoms with van der Waals surface area (Å²) in [7, 11) is 7.17. The first-order chi connectivity index (χ1) is 7.69. The van der Waals surface area contributed by atoms with Crippen LogP contribution in [0.25, 0.3) is 0 Å². The van der Waals surface area contributed by atoms with Gasteiger partial charge in [0.2, 0.25) is 0 Å². The molecular formula is C10H26N6. The second kappa shape index (κ2) is 13.5. The minimum Gasteiger partial charge on any atom is -0.359 e. The number of hydrogen-bond donors (Lipinski definition) is 4. The molecule has 0 bridgehead atoms. The van der Waals surface area contributed by atoms with E-state index in [0.29, 0.717) is 0 Å². The van der Waals surface area contributed by atoms with Crippen molar-refractivity contribution in [3.05, 3.63) is 0 Å². The van der Waals surface area contributed by atoms with Crippen LogP contribution in [0.3, 0.4) is 0 Å². The summed E-state index contributed by atoms with van der Waals surface area (Å²) in [5.74, 6) is 1.68. The molecule has 0 atom stereocenters. The third-order valence-corrected chi connectivity index (χ3v) is 1.61. The lowest BCUT2D eigenvalue weighted by Crippen LogP contribution is -2.34. The van der Waals surface area contributed by atoms with Crippen molar-refractivity contribution in [3.63, 3.8) is 0 Å². The third-order valence-electron chi connectivity index (χ3n) is 1.61. The van der Waals surface area contributed by atoms with Crippen LogP contribution in [0.4, 0.5) is 0 Å². The molecule has 0 amide bonds. The molecule has 0 rings (SSSR count). The van der Waals surface area contributed by atoms with Crippen molar-refractivity contribution in [2.24, 2.45) is 9.98 Å². The number of hydrogen-bond acceptors (Lipinski definition) is 2. The van der Waals surface area contributed by atoms with E-state index in [-0.39, 0.29) is 0 Å². The first-order valence-corrected chi connectivity index (χ1v) is 5.46. The monoisotopic (exact) mass is 230 g/mol. The van der Waals surface area contributed by atoms with E-state index in [1.807, 2.05) is 27.9 Å². The van der Waals surface area contributed by atoms with Gasteiger partial charge in [-0.25, -0.2) is 0 Å². The second-order valence-electron chi connectivity index (χ2n) is 2.71. The first kappa shape index (κ1) is 17.0. The maximum Gasteiger partial charge on any atom is 0.190 e. The highest BCUT2D eigenvalue weighted by Gasteiger charge is 1.84. The van der Waals surface area contributed by atoms with E-state index in [2.05, 4.69) is 31.3 Å². The fourth-order valence-electron chi connectivity index (χ4n) is 0.893. The van der Waals surface area contributed by atoms with Crippen molar-refractivity contribution in [2.45, 2.75) is 13.8 Å². The molecule has 0 aromatic carbocycles. The highest BCUT2D eigenvalue weighted by atomic mass is 15.1. The van der Waals surface area contributed by atoms with E-state index in [4.69, 9.17) is 0 Å². The zero-order chi connectivity index (χ0) is 12.8. The minimum atomic E-state index is 0.840. The Labute approximate surface area is 99.0 Å². The molecule has 0 aliphatic heterocycles. The molecule has 4 N–H and O–H groups in total. The van der Waals surface area contributed by atoms with Gasteiger partial charge >= 0.3 is 0 Å². The maximum absolute atomic E-state index is 3.89. The molecule has 6 nitrogen and oxygen atoms in total. The Kier molecular flexibility index (Phi) is 14.3. The summed E-state index contributed by atoms with van der Waals surface area (Å²) in [6.45, 7) is 5.88. The summed E-state index contributed by atoms with van der Waals surface area (Å²) in [4.78, 5) is 7.78. The fourth-order valence-corrected chi connectivity index (χ4v) is 0.893. The van der Waals surface area contributed by atoms with Gasteiger partial charge in [-0.2, -0.15) is 0 Å². The second-order valence-corrected chi connectivity index (χ2v) is 2.71. The van der Waals surface area contributed by atoms with Gasteiger partial charge in [0.1, 0.15) is 0 Å². The first-order valence-electron chi connectivity index (χ1n) is 5.46. The van der Waals surface area contributed by atoms with Gasteiger partial charge in [0.05, 0.1) is 0 Å². The largest absolute Gasteiger partial charge is 0.359 e. The van der Waals surface area contributed by atoms with Crippen LogP contribution in [0.2, 0.25) is 0 Å². The highest BCUT2D eigenvalue weighted by Crippen LogP contribution is 1.61. The van der Waals surface area contributed by atoms with Gasteiger partial charge in [0.25, 0.3) is 0 Å². The Bertz CT molecular complexity index is 177. The summed E-state index contributed by atoms with van der Waals surface area (Å²) in [6.07, 6.45) is 0. The Hall–Kier alpha value is -1.46. The zero-order valence-corrected chi connectivity index (χ0v) is 11.3. The Morgan fingerprint density at radius 1 is 0.812 bits per heavy atom. The van der Waals surface area contributed by atoms with Crippen molar-refractivity contribution in [1.82, 2.24) is 21.3 Å². The predicted molar refractivity (Wildman–Crippen MR) is 72.2 cm³/mol. The van der Waals surface area contributed by atoms with Crippen LogP contribution in [0, 0.1) is 0 Å². The molecule has 0 spiro atoms. The molecule has 0 fully saturated rings. The van der Waals surface area contributed by atoms with Gasteiger partial charge in [-0.05, 0) is 13.8 Å². The number of nitrogens with one attached hydrogen (secondary N) is 4. The molecule has 0 aliphatic rings. The summed E-state index contributed by atoms with van der Waals surface area (Å²) in [5.41, 5.74) is 0. The van der Waals surface area contributed by atoms with Gasteiger partial charge < -0.3 is 21.3 Å². The average molecular weight is 230 g/mol. The molecule has 16 heavy (non-hydrogen) atoms. The Morgan fingerprint density at radius 3 is 1.19 bits per heavy atom. The smallest absolute Gasteiger partial charge is 0.190 e. The lowest BCUT2D eigenvalue weighted by molar-refractivity contribution is 0.905. The predicted octanol–water partition coefficient (Wildman–Crippen LogP) is -0.398. The Balaban J connectivity index is 0. The van der Waals surface area contributed by atoms with Crippen LogP contribution in [0.5, 0.6) is 0 Å². The van der Waals surface area contributed by atoms with E-state index in [1.165, 1.54) is 0 Å². The number of aliphatic imine (C=N–C) groups is 2. The number of guanidine groups is 2. The lowest BCUT2D eigenvalue weighted by Gasteiger charge is -2.03. The molecule has 0 aliphatic carbocycles. The van der Waals surface area contributed by atoms with E-state index >= 15 is 0 Å². The molecule has 0 heterocycles. The van der Waals surface area contributed by atoms with Crippen molar-refractivity contribution in [3.8, 4) is 0 Å². The molecule has 0 radical (unpaired) electrons. The van der Waals surface area contributed by atoms with Crippen LogP contribution in [0.1, 0.15) is 13.8 Å². The summed E-state index contributed by atoms with van der Waals surface area (Å²) < 4.78 is 0. The number of rotatable bonds is 2. The lowest BCUT2D eigenvalue weighted by atomic mass is 10.7. The molecule has 0 aromatic heterocycles. The molecule has 6 heteroatoms. The van der Waals surface area contributed by atoms with Crippen molar-refractivity contribution < 1.29 is 0 Å². The standard InChI is InChI=1S/2C5H13N3/c2*1-4-8-5(6-2)7-3/h2*4H2,1-3H3,(H2,6,7,8). The quantitative estimate of drug-likeness (QED) is 0.385.